The average molecular weight is 459 g/mol. The second-order valence-electron chi connectivity index (χ2n) is 3.67. The molecule has 0 aliphatic carbocycles. The highest BCUT2D eigenvalue weighted by atomic mass is 32.3. The van der Waals surface area contributed by atoms with E-state index in [2.05, 4.69) is 12.5 Å². The first-order valence-electron chi connectivity index (χ1n) is 6.13. The zero-order valence-electron chi connectivity index (χ0n) is 12.5. The largest absolute Gasteiger partial charge is 0.503 e. The van der Waals surface area contributed by atoms with Gasteiger partial charge in [-0.15, -0.1) is 47.0 Å². The van der Waals surface area contributed by atoms with Crippen molar-refractivity contribution in [2.24, 2.45) is 0 Å². The summed E-state index contributed by atoms with van der Waals surface area (Å²) in [5.41, 5.74) is 0. The highest BCUT2D eigenvalue weighted by Gasteiger charge is 2.24. The molecule has 0 saturated carbocycles. The van der Waals surface area contributed by atoms with Crippen LogP contribution in [-0.4, -0.2) is 31.0 Å². The van der Waals surface area contributed by atoms with Gasteiger partial charge in [-0.25, -0.2) is 0 Å². The first kappa shape index (κ1) is 20.5. The van der Waals surface area contributed by atoms with Crippen LogP contribution in [0.15, 0.2) is 37.8 Å². The van der Waals surface area contributed by atoms with E-state index in [1.54, 1.807) is 90.0 Å². The number of thioether (sulfide) groups is 8. The number of allylic oxidation sites excluding steroid dienone is 1. The Morgan fingerprint density at radius 1 is 0.913 bits per heavy atom. The van der Waals surface area contributed by atoms with Gasteiger partial charge in [-0.05, 0) is 18.6 Å². The Morgan fingerprint density at radius 3 is 1.96 bits per heavy atom. The molecule has 2 aliphatic rings. The van der Waals surface area contributed by atoms with E-state index >= 15 is 0 Å². The maximum atomic E-state index is 10.6. The number of hydrogen-bond acceptors (Lipinski definition) is 10. The lowest BCUT2D eigenvalue weighted by Gasteiger charge is -2.04. The van der Waals surface area contributed by atoms with Gasteiger partial charge in [0, 0.05) is 5.08 Å². The molecule has 0 spiro atoms. The lowest BCUT2D eigenvalue weighted by atomic mass is 10.7. The van der Waals surface area contributed by atoms with Crippen LogP contribution in [-0.2, 0) is 9.53 Å². The molecule has 0 atom stereocenters. The molecule has 2 rings (SSSR count). The fraction of sp³-hybridized carbons (Fsp3) is 0.308. The molecule has 0 radical (unpaired) electrons. The molecule has 0 aromatic carbocycles. The molecule has 2 heterocycles. The van der Waals surface area contributed by atoms with Crippen molar-refractivity contribution in [1.29, 1.82) is 0 Å². The maximum Gasteiger partial charge on any atom is 0.144 e. The minimum absolute atomic E-state index is 0.862. The fourth-order valence-corrected chi connectivity index (χ4v) is 12.4. The molecule has 0 aromatic rings. The number of ether oxygens (including phenoxy) is 1. The lowest BCUT2D eigenvalue weighted by molar-refractivity contribution is -0.104. The summed E-state index contributed by atoms with van der Waals surface area (Å²) in [5, 5.41) is 0.967. The Labute approximate surface area is 171 Å². The van der Waals surface area contributed by atoms with Crippen molar-refractivity contribution in [2.75, 3.05) is 24.7 Å². The van der Waals surface area contributed by atoms with Crippen molar-refractivity contribution in [1.82, 2.24) is 0 Å². The smallest absolute Gasteiger partial charge is 0.144 e. The number of carbonyl (C=O) groups is 1. The summed E-state index contributed by atoms with van der Waals surface area (Å²) >= 11 is 14.2. The van der Waals surface area contributed by atoms with Gasteiger partial charge in [-0.3, -0.25) is 4.79 Å². The summed E-state index contributed by atoms with van der Waals surface area (Å²) in [6, 6.07) is 0. The van der Waals surface area contributed by atoms with E-state index in [4.69, 9.17) is 4.74 Å². The fourth-order valence-electron chi connectivity index (χ4n) is 1.40. The summed E-state index contributed by atoms with van der Waals surface area (Å²) in [7, 11) is 1.68. The summed E-state index contributed by atoms with van der Waals surface area (Å²) in [6.07, 6.45) is 8.51. The predicted molar refractivity (Wildman–Crippen MR) is 121 cm³/mol. The van der Waals surface area contributed by atoms with Crippen molar-refractivity contribution in [3.05, 3.63) is 37.8 Å². The molecule has 0 unspecified atom stereocenters. The number of rotatable bonds is 8. The van der Waals surface area contributed by atoms with Crippen molar-refractivity contribution >= 4 is 100 Å². The molecule has 0 aromatic heterocycles. The third kappa shape index (κ3) is 6.16. The zero-order chi connectivity index (χ0) is 16.7. The quantitative estimate of drug-likeness (QED) is 0.166. The number of aldehydes is 1. The van der Waals surface area contributed by atoms with Gasteiger partial charge < -0.3 is 4.74 Å². The van der Waals surface area contributed by atoms with Crippen molar-refractivity contribution < 1.29 is 9.53 Å². The van der Waals surface area contributed by atoms with Gasteiger partial charge in [-0.1, -0.05) is 47.0 Å². The zero-order valence-corrected chi connectivity index (χ0v) is 19.1. The molecule has 0 N–H and O–H groups in total. The summed E-state index contributed by atoms with van der Waals surface area (Å²) < 4.78 is 12.7. The topological polar surface area (TPSA) is 26.3 Å². The van der Waals surface area contributed by atoms with Crippen LogP contribution in [0.3, 0.4) is 0 Å². The SMILES string of the molecule is COC=C1SC(SC)=C(SCSC2=C(SC)SC(=CC=O)S2)S1. The van der Waals surface area contributed by atoms with E-state index in [9.17, 15) is 4.79 Å². The minimum Gasteiger partial charge on any atom is -0.503 e. The van der Waals surface area contributed by atoms with Crippen molar-refractivity contribution in [3.63, 3.8) is 0 Å². The molecule has 2 nitrogen and oxygen atoms in total. The van der Waals surface area contributed by atoms with Gasteiger partial charge in [0.25, 0.3) is 0 Å². The van der Waals surface area contributed by atoms with Crippen LogP contribution in [0.4, 0.5) is 0 Å². The molecular weight excluding hydrogens is 445 g/mol. The second-order valence-corrected chi connectivity index (χ2v) is 13.4. The molecule has 126 valence electrons. The highest BCUT2D eigenvalue weighted by molar-refractivity contribution is 8.44. The van der Waals surface area contributed by atoms with Gasteiger partial charge in [-0.2, -0.15) is 0 Å². The Bertz CT molecular complexity index is 579. The predicted octanol–water partition coefficient (Wildman–Crippen LogP) is 6.84. The molecular formula is C13H14O2S8. The maximum absolute atomic E-state index is 10.6. The van der Waals surface area contributed by atoms with E-state index < -0.39 is 0 Å². The third-order valence-electron chi connectivity index (χ3n) is 2.28. The van der Waals surface area contributed by atoms with Gasteiger partial charge >= 0.3 is 0 Å². The normalized spacial score (nSPS) is 21.9. The van der Waals surface area contributed by atoms with Crippen LogP contribution in [0.2, 0.25) is 0 Å². The van der Waals surface area contributed by atoms with Crippen LogP contribution < -0.4 is 0 Å². The monoisotopic (exact) mass is 458 g/mol. The van der Waals surface area contributed by atoms with Gasteiger partial charge in [0.05, 0.1) is 32.5 Å². The molecule has 0 amide bonds. The second kappa shape index (κ2) is 11.1. The van der Waals surface area contributed by atoms with Crippen LogP contribution in [0.25, 0.3) is 0 Å². The minimum atomic E-state index is 0.862. The Morgan fingerprint density at radius 2 is 1.43 bits per heavy atom. The highest BCUT2D eigenvalue weighted by Crippen LogP contribution is 2.60. The standard InChI is InChI=1S/C13H14O2S8/c1-15-6-9-22-11(17-3)13(23-9)19-7-18-12-10(16-2)20-8(21-12)4-5-14/h4-6H,7H2,1-3H3. The Hall–Kier alpha value is 1.23. The van der Waals surface area contributed by atoms with Crippen LogP contribution in [0, 0.1) is 0 Å². The van der Waals surface area contributed by atoms with E-state index in [1.807, 2.05) is 23.5 Å². The third-order valence-corrected chi connectivity index (χ3v) is 12.9. The van der Waals surface area contributed by atoms with E-state index in [-0.39, 0.29) is 0 Å². The summed E-state index contributed by atoms with van der Waals surface area (Å²) in [5.74, 6) is 0. The first-order chi connectivity index (χ1) is 11.2. The van der Waals surface area contributed by atoms with E-state index in [1.165, 1.54) is 21.2 Å². The van der Waals surface area contributed by atoms with Gasteiger partial charge in [0.2, 0.25) is 0 Å². The van der Waals surface area contributed by atoms with Gasteiger partial charge in [0.1, 0.15) is 12.5 Å². The summed E-state index contributed by atoms with van der Waals surface area (Å²) in [4.78, 5) is 10.6. The molecule has 2 aliphatic heterocycles. The Balaban J connectivity index is 1.90. The van der Waals surface area contributed by atoms with Crippen LogP contribution in [0.1, 0.15) is 0 Å². The molecule has 0 saturated heterocycles. The lowest BCUT2D eigenvalue weighted by Crippen LogP contribution is -1.75. The Kier molecular flexibility index (Phi) is 9.87. The van der Waals surface area contributed by atoms with E-state index in [0.29, 0.717) is 0 Å². The average Bonchev–Trinajstić information content (AvgIpc) is 3.12. The van der Waals surface area contributed by atoms with E-state index in [0.717, 1.165) is 15.6 Å². The number of hydrogen-bond donors (Lipinski definition) is 0. The summed E-state index contributed by atoms with van der Waals surface area (Å²) in [6.45, 7) is 0. The molecule has 0 bridgehead atoms. The molecule has 0 fully saturated rings. The van der Waals surface area contributed by atoms with Crippen molar-refractivity contribution in [2.45, 2.75) is 0 Å². The molecule has 10 heteroatoms. The van der Waals surface area contributed by atoms with Crippen LogP contribution in [0.5, 0.6) is 0 Å². The van der Waals surface area contributed by atoms with Gasteiger partial charge in [0.15, 0.2) is 0 Å². The van der Waals surface area contributed by atoms with Crippen LogP contribution >= 0.6 is 94.1 Å². The molecule has 23 heavy (non-hydrogen) atoms. The number of methoxy groups -OCH3 is 1. The first-order valence-corrected chi connectivity index (χ1v) is 13.8. The van der Waals surface area contributed by atoms with Crippen molar-refractivity contribution in [3.8, 4) is 0 Å². The number of carbonyl (C=O) groups excluding carboxylic acids is 1.